The number of carboxylic acid groups (broad SMARTS) is 1. The highest BCUT2D eigenvalue weighted by atomic mass is 16.5. The van der Waals surface area contributed by atoms with E-state index in [1.807, 2.05) is 0 Å². The minimum atomic E-state index is -1.95. The van der Waals surface area contributed by atoms with Gasteiger partial charge in [-0.2, -0.15) is 0 Å². The highest BCUT2D eigenvalue weighted by molar-refractivity contribution is 6.29. The molecule has 2 atom stereocenters. The minimum absolute atomic E-state index is 0.0526. The van der Waals surface area contributed by atoms with Gasteiger partial charge in [-0.05, 0) is 18.1 Å². The summed E-state index contributed by atoms with van der Waals surface area (Å²) in [5, 5.41) is 9.12. The Morgan fingerprint density at radius 3 is 2.63 bits per heavy atom. The molecule has 0 aliphatic heterocycles. The molecular weight excluding hydrogens is 248 g/mol. The zero-order valence-electron chi connectivity index (χ0n) is 10.8. The lowest BCUT2D eigenvalue weighted by molar-refractivity contribution is -0.144. The van der Waals surface area contributed by atoms with Gasteiger partial charge < -0.3 is 15.6 Å². The number of hydrogen-bond donors (Lipinski definition) is 2. The molecule has 2 unspecified atom stereocenters. The highest BCUT2D eigenvalue weighted by Gasteiger charge is 2.83. The van der Waals surface area contributed by atoms with Crippen LogP contribution in [-0.4, -0.2) is 33.0 Å². The summed E-state index contributed by atoms with van der Waals surface area (Å²) >= 11 is 0. The molecule has 1 heterocycles. The molecule has 1 aliphatic carbocycles. The summed E-state index contributed by atoms with van der Waals surface area (Å²) in [6.45, 7) is 3.48. The van der Waals surface area contributed by atoms with Crippen molar-refractivity contribution in [2.45, 2.75) is 31.6 Å². The summed E-state index contributed by atoms with van der Waals surface area (Å²) in [7, 11) is 0. The number of hydrogen-bond acceptors (Lipinski definition) is 5. The molecule has 0 amide bonds. The van der Waals surface area contributed by atoms with Crippen LogP contribution in [0.25, 0.3) is 0 Å². The Balaban J connectivity index is 2.20. The summed E-state index contributed by atoms with van der Waals surface area (Å²) in [6.07, 6.45) is 1.60. The molecule has 102 valence electrons. The summed E-state index contributed by atoms with van der Waals surface area (Å²) < 4.78 is 5.56. The normalized spacial score (nSPS) is 29.6. The molecule has 19 heavy (non-hydrogen) atoms. The summed E-state index contributed by atoms with van der Waals surface area (Å²) in [4.78, 5) is 27.2. The Bertz CT molecular complexity index is 517. The predicted molar refractivity (Wildman–Crippen MR) is 66.2 cm³/mol. The van der Waals surface area contributed by atoms with Gasteiger partial charge >= 0.3 is 5.97 Å². The maximum absolute atomic E-state index is 11.9. The molecule has 2 rings (SSSR count). The van der Waals surface area contributed by atoms with Gasteiger partial charge in [0, 0.05) is 6.20 Å². The van der Waals surface area contributed by atoms with Crippen molar-refractivity contribution >= 4 is 11.8 Å². The Morgan fingerprint density at radius 1 is 1.53 bits per heavy atom. The topological polar surface area (TPSA) is 103 Å². The van der Waals surface area contributed by atoms with Crippen molar-refractivity contribution in [2.24, 2.45) is 11.7 Å². The fourth-order valence-electron chi connectivity index (χ4n) is 2.38. The van der Waals surface area contributed by atoms with Crippen LogP contribution < -0.4 is 5.73 Å². The second-order valence-corrected chi connectivity index (χ2v) is 4.94. The van der Waals surface area contributed by atoms with E-state index in [0.717, 1.165) is 0 Å². The van der Waals surface area contributed by atoms with Crippen LogP contribution in [-0.2, 0) is 20.9 Å². The highest BCUT2D eigenvalue weighted by Crippen LogP contribution is 2.50. The lowest BCUT2D eigenvalue weighted by Gasteiger charge is -2.21. The average molecular weight is 264 g/mol. The van der Waals surface area contributed by atoms with Crippen molar-refractivity contribution < 1.29 is 19.4 Å². The van der Waals surface area contributed by atoms with Gasteiger partial charge in [0.2, 0.25) is 11.3 Å². The zero-order valence-corrected chi connectivity index (χ0v) is 10.8. The quantitative estimate of drug-likeness (QED) is 0.744. The lowest BCUT2D eigenvalue weighted by Crippen LogP contribution is -2.46. The number of ketones is 1. The third kappa shape index (κ3) is 1.75. The standard InChI is InChI=1S/C13H16N2O4/c1-8(2)13(10(16)12(13,14)11(17)18)19-7-9-5-3-4-6-15-9/h3-6,8H,7,14H2,1-2H3,(H,17,18). The van der Waals surface area contributed by atoms with E-state index in [2.05, 4.69) is 4.98 Å². The summed E-state index contributed by atoms with van der Waals surface area (Å²) in [5.74, 6) is -2.27. The molecule has 1 fully saturated rings. The Kier molecular flexibility index (Phi) is 3.15. The Morgan fingerprint density at radius 2 is 2.21 bits per heavy atom. The second-order valence-electron chi connectivity index (χ2n) is 4.94. The number of carboxylic acids is 1. The number of Topliss-reactive ketones (excluding diaryl/α,β-unsaturated/α-hetero) is 1. The van der Waals surface area contributed by atoms with Crippen LogP contribution in [0.5, 0.6) is 0 Å². The largest absolute Gasteiger partial charge is 0.479 e. The molecule has 1 aromatic rings. The van der Waals surface area contributed by atoms with E-state index < -0.39 is 22.9 Å². The molecule has 0 radical (unpaired) electrons. The van der Waals surface area contributed by atoms with Gasteiger partial charge in [0.1, 0.15) is 0 Å². The maximum atomic E-state index is 11.9. The van der Waals surface area contributed by atoms with E-state index in [1.165, 1.54) is 0 Å². The molecular formula is C13H16N2O4. The molecule has 1 aromatic heterocycles. The molecule has 6 nitrogen and oxygen atoms in total. The zero-order chi connectivity index (χ0) is 14.3. The first-order valence-electron chi connectivity index (χ1n) is 5.98. The van der Waals surface area contributed by atoms with E-state index in [9.17, 15) is 9.59 Å². The van der Waals surface area contributed by atoms with Crippen molar-refractivity contribution in [1.82, 2.24) is 4.98 Å². The molecule has 0 aromatic carbocycles. The minimum Gasteiger partial charge on any atom is -0.479 e. The molecule has 1 aliphatic rings. The van der Waals surface area contributed by atoms with E-state index in [1.54, 1.807) is 38.2 Å². The number of carbonyl (C=O) groups excluding carboxylic acids is 1. The van der Waals surface area contributed by atoms with Gasteiger partial charge in [-0.3, -0.25) is 9.78 Å². The van der Waals surface area contributed by atoms with Crippen LogP contribution in [0.3, 0.4) is 0 Å². The van der Waals surface area contributed by atoms with Crippen LogP contribution in [0.4, 0.5) is 0 Å². The van der Waals surface area contributed by atoms with E-state index in [-0.39, 0.29) is 12.5 Å². The van der Waals surface area contributed by atoms with Crippen LogP contribution >= 0.6 is 0 Å². The van der Waals surface area contributed by atoms with Gasteiger partial charge in [0.15, 0.2) is 5.60 Å². The Labute approximate surface area is 110 Å². The number of nitrogens with zero attached hydrogens (tertiary/aromatic N) is 1. The Hall–Kier alpha value is -1.79. The smallest absolute Gasteiger partial charge is 0.335 e. The first-order chi connectivity index (χ1) is 8.87. The number of carbonyl (C=O) groups is 2. The molecule has 6 heteroatoms. The average Bonchev–Trinajstić information content (AvgIpc) is 2.88. The molecule has 0 spiro atoms. The van der Waals surface area contributed by atoms with Crippen LogP contribution in [0.1, 0.15) is 19.5 Å². The van der Waals surface area contributed by atoms with Crippen molar-refractivity contribution in [3.05, 3.63) is 30.1 Å². The molecule has 3 N–H and O–H groups in total. The number of ether oxygens (including phenoxy) is 1. The van der Waals surface area contributed by atoms with Crippen molar-refractivity contribution in [3.63, 3.8) is 0 Å². The van der Waals surface area contributed by atoms with Gasteiger partial charge in [-0.15, -0.1) is 0 Å². The van der Waals surface area contributed by atoms with Gasteiger partial charge in [0.25, 0.3) is 0 Å². The van der Waals surface area contributed by atoms with E-state index >= 15 is 0 Å². The molecule has 1 saturated carbocycles. The van der Waals surface area contributed by atoms with Gasteiger partial charge in [-0.25, -0.2) is 4.79 Å². The van der Waals surface area contributed by atoms with Crippen LogP contribution in [0.2, 0.25) is 0 Å². The third-order valence-electron chi connectivity index (χ3n) is 3.54. The number of rotatable bonds is 5. The first kappa shape index (κ1) is 13.6. The summed E-state index contributed by atoms with van der Waals surface area (Å²) in [6, 6.07) is 5.28. The van der Waals surface area contributed by atoms with E-state index in [4.69, 9.17) is 15.6 Å². The predicted octanol–water partition coefficient (Wildman–Crippen LogP) is 0.358. The summed E-state index contributed by atoms with van der Waals surface area (Å²) in [5.41, 5.74) is 2.89. The van der Waals surface area contributed by atoms with Crippen LogP contribution in [0.15, 0.2) is 24.4 Å². The second kappa shape index (κ2) is 4.40. The van der Waals surface area contributed by atoms with Gasteiger partial charge in [0.05, 0.1) is 12.3 Å². The van der Waals surface area contributed by atoms with Crippen molar-refractivity contribution in [1.29, 1.82) is 0 Å². The maximum Gasteiger partial charge on any atom is 0.335 e. The van der Waals surface area contributed by atoms with Crippen LogP contribution in [0, 0.1) is 5.92 Å². The SMILES string of the molecule is CC(C)C1(OCc2ccccn2)C(=O)C1(N)C(=O)O. The lowest BCUT2D eigenvalue weighted by atomic mass is 9.99. The third-order valence-corrected chi connectivity index (χ3v) is 3.54. The number of nitrogens with two attached hydrogens (primary N) is 1. The fraction of sp³-hybridized carbons (Fsp3) is 0.462. The first-order valence-corrected chi connectivity index (χ1v) is 5.98. The molecule has 0 saturated heterocycles. The monoisotopic (exact) mass is 264 g/mol. The van der Waals surface area contributed by atoms with E-state index in [0.29, 0.717) is 5.69 Å². The number of aromatic nitrogens is 1. The van der Waals surface area contributed by atoms with Gasteiger partial charge in [-0.1, -0.05) is 19.9 Å². The van der Waals surface area contributed by atoms with Crippen molar-refractivity contribution in [2.75, 3.05) is 0 Å². The van der Waals surface area contributed by atoms with Crippen molar-refractivity contribution in [3.8, 4) is 0 Å². The molecule has 0 bridgehead atoms. The number of aliphatic carboxylic acids is 1. The number of pyridine rings is 1. The fourth-order valence-corrected chi connectivity index (χ4v) is 2.38.